The number of rotatable bonds is 1. The summed E-state index contributed by atoms with van der Waals surface area (Å²) in [4.78, 5) is 8.27. The van der Waals surface area contributed by atoms with Gasteiger partial charge in [-0.25, -0.2) is 9.97 Å². The molecule has 0 atom stereocenters. The van der Waals surface area contributed by atoms with E-state index < -0.39 is 0 Å². The molecule has 0 aliphatic rings. The third-order valence-electron chi connectivity index (χ3n) is 1.79. The van der Waals surface area contributed by atoms with Crippen LogP contribution in [-0.4, -0.2) is 19.6 Å². The Bertz CT molecular complexity index is 408. The molecule has 0 spiro atoms. The Labute approximate surface area is 69.5 Å². The van der Waals surface area contributed by atoms with Gasteiger partial charge < -0.3 is 9.67 Å². The number of aryl methyl sites for hydroxylation is 1. The van der Waals surface area contributed by atoms with E-state index in [2.05, 4.69) is 9.97 Å². The van der Waals surface area contributed by atoms with Gasteiger partial charge in [-0.1, -0.05) is 0 Å². The second-order valence-corrected chi connectivity index (χ2v) is 2.70. The van der Waals surface area contributed by atoms with E-state index in [0.29, 0.717) is 0 Å². The fourth-order valence-corrected chi connectivity index (χ4v) is 1.14. The number of fused-ring (bicyclic) bond motifs is 1. The lowest BCUT2D eigenvalue weighted by Crippen LogP contribution is -1.89. The zero-order valence-electron chi connectivity index (χ0n) is 6.73. The van der Waals surface area contributed by atoms with Gasteiger partial charge in [0.2, 0.25) is 0 Å². The molecule has 0 fully saturated rings. The van der Waals surface area contributed by atoms with Crippen molar-refractivity contribution in [2.45, 2.75) is 6.61 Å². The van der Waals surface area contributed by atoms with Crippen LogP contribution in [0, 0.1) is 0 Å². The van der Waals surface area contributed by atoms with Crippen molar-refractivity contribution in [2.75, 3.05) is 0 Å². The van der Waals surface area contributed by atoms with E-state index in [1.54, 1.807) is 12.5 Å². The summed E-state index contributed by atoms with van der Waals surface area (Å²) in [6, 6.07) is 1.84. The van der Waals surface area contributed by atoms with Gasteiger partial charge in [0.15, 0.2) is 5.65 Å². The minimum Gasteiger partial charge on any atom is -0.392 e. The molecular weight excluding hydrogens is 154 g/mol. The highest BCUT2D eigenvalue weighted by atomic mass is 16.3. The number of imidazole rings is 1. The van der Waals surface area contributed by atoms with E-state index in [1.807, 2.05) is 17.7 Å². The van der Waals surface area contributed by atoms with Crippen molar-refractivity contribution in [2.24, 2.45) is 7.05 Å². The first-order chi connectivity index (χ1) is 5.81. The average Bonchev–Trinajstić information content (AvgIpc) is 2.47. The topological polar surface area (TPSA) is 50.9 Å². The number of aromatic nitrogens is 3. The number of pyridine rings is 1. The maximum absolute atomic E-state index is 8.83. The highest BCUT2D eigenvalue weighted by molar-refractivity contribution is 5.70. The summed E-state index contributed by atoms with van der Waals surface area (Å²) in [5, 5.41) is 8.83. The zero-order chi connectivity index (χ0) is 8.55. The van der Waals surface area contributed by atoms with Crippen LogP contribution in [-0.2, 0) is 13.7 Å². The summed E-state index contributed by atoms with van der Waals surface area (Å²) in [5.41, 5.74) is 2.46. The quantitative estimate of drug-likeness (QED) is 0.664. The summed E-state index contributed by atoms with van der Waals surface area (Å²) >= 11 is 0. The number of aliphatic hydroxyl groups is 1. The molecule has 0 amide bonds. The van der Waals surface area contributed by atoms with Gasteiger partial charge in [-0.05, 0) is 11.6 Å². The first-order valence-electron chi connectivity index (χ1n) is 3.68. The summed E-state index contributed by atoms with van der Waals surface area (Å²) in [6.45, 7) is 0.0134. The van der Waals surface area contributed by atoms with Gasteiger partial charge in [0.25, 0.3) is 0 Å². The Morgan fingerprint density at radius 2 is 2.33 bits per heavy atom. The third-order valence-corrected chi connectivity index (χ3v) is 1.79. The van der Waals surface area contributed by atoms with Crippen molar-refractivity contribution >= 4 is 11.2 Å². The van der Waals surface area contributed by atoms with E-state index in [4.69, 9.17) is 5.11 Å². The van der Waals surface area contributed by atoms with Crippen LogP contribution in [0.4, 0.5) is 0 Å². The molecule has 0 saturated carbocycles. The van der Waals surface area contributed by atoms with Crippen molar-refractivity contribution < 1.29 is 5.11 Å². The summed E-state index contributed by atoms with van der Waals surface area (Å²) in [5.74, 6) is 0. The predicted molar refractivity (Wildman–Crippen MR) is 44.4 cm³/mol. The maximum Gasteiger partial charge on any atom is 0.159 e. The first-order valence-corrected chi connectivity index (χ1v) is 3.68. The fourth-order valence-electron chi connectivity index (χ4n) is 1.14. The minimum absolute atomic E-state index is 0.0134. The molecule has 0 aliphatic carbocycles. The Morgan fingerprint density at radius 3 is 3.08 bits per heavy atom. The second-order valence-electron chi connectivity index (χ2n) is 2.70. The van der Waals surface area contributed by atoms with Crippen LogP contribution >= 0.6 is 0 Å². The molecule has 12 heavy (non-hydrogen) atoms. The summed E-state index contributed by atoms with van der Waals surface area (Å²) in [7, 11) is 1.89. The van der Waals surface area contributed by atoms with E-state index in [1.165, 1.54) is 0 Å². The van der Waals surface area contributed by atoms with Crippen molar-refractivity contribution in [3.8, 4) is 0 Å². The van der Waals surface area contributed by atoms with Crippen molar-refractivity contribution in [1.29, 1.82) is 0 Å². The summed E-state index contributed by atoms with van der Waals surface area (Å²) < 4.78 is 1.84. The number of nitrogens with zero attached hydrogens (tertiary/aromatic N) is 3. The molecular formula is C8H9N3O. The largest absolute Gasteiger partial charge is 0.392 e. The molecule has 0 aliphatic heterocycles. The molecule has 2 aromatic rings. The molecule has 2 aromatic heterocycles. The smallest absolute Gasteiger partial charge is 0.159 e. The number of aliphatic hydroxyl groups excluding tert-OH is 1. The van der Waals surface area contributed by atoms with Crippen molar-refractivity contribution in [3.05, 3.63) is 24.2 Å². The Morgan fingerprint density at radius 1 is 1.50 bits per heavy atom. The minimum atomic E-state index is 0.0134. The monoisotopic (exact) mass is 163 g/mol. The maximum atomic E-state index is 8.83. The molecule has 0 radical (unpaired) electrons. The molecule has 2 rings (SSSR count). The summed E-state index contributed by atoms with van der Waals surface area (Å²) in [6.07, 6.45) is 3.36. The Hall–Kier alpha value is -1.42. The van der Waals surface area contributed by atoms with Crippen LogP contribution < -0.4 is 0 Å². The predicted octanol–water partition coefficient (Wildman–Crippen LogP) is 0.461. The van der Waals surface area contributed by atoms with E-state index in [9.17, 15) is 0 Å². The molecule has 0 unspecified atom stereocenters. The van der Waals surface area contributed by atoms with Gasteiger partial charge in [-0.15, -0.1) is 0 Å². The molecule has 4 heteroatoms. The highest BCUT2D eigenvalue weighted by Gasteiger charge is 2.00. The SMILES string of the molecule is Cn1cnc2cc(CO)cnc21. The van der Waals surface area contributed by atoms with Gasteiger partial charge in [-0.3, -0.25) is 0 Å². The molecule has 2 heterocycles. The Kier molecular flexibility index (Phi) is 1.55. The molecule has 62 valence electrons. The zero-order valence-corrected chi connectivity index (χ0v) is 6.73. The van der Waals surface area contributed by atoms with E-state index in [-0.39, 0.29) is 6.61 Å². The highest BCUT2D eigenvalue weighted by Crippen LogP contribution is 2.09. The van der Waals surface area contributed by atoms with Gasteiger partial charge in [0.1, 0.15) is 5.52 Å². The van der Waals surface area contributed by atoms with Crippen LogP contribution in [0.25, 0.3) is 11.2 Å². The van der Waals surface area contributed by atoms with Gasteiger partial charge in [0.05, 0.1) is 12.9 Å². The molecule has 0 bridgehead atoms. The average molecular weight is 163 g/mol. The lowest BCUT2D eigenvalue weighted by Gasteiger charge is -1.95. The normalized spacial score (nSPS) is 10.8. The van der Waals surface area contributed by atoms with Gasteiger partial charge in [0, 0.05) is 13.2 Å². The molecule has 0 aromatic carbocycles. The van der Waals surface area contributed by atoms with Crippen LogP contribution in [0.2, 0.25) is 0 Å². The van der Waals surface area contributed by atoms with Crippen LogP contribution in [0.3, 0.4) is 0 Å². The lowest BCUT2D eigenvalue weighted by molar-refractivity contribution is 0.281. The van der Waals surface area contributed by atoms with E-state index in [0.717, 1.165) is 16.7 Å². The van der Waals surface area contributed by atoms with Crippen LogP contribution in [0.5, 0.6) is 0 Å². The standard InChI is InChI=1S/C8H9N3O/c1-11-5-10-7-2-6(4-12)3-9-8(7)11/h2-3,5,12H,4H2,1H3. The molecule has 1 N–H and O–H groups in total. The molecule has 0 saturated heterocycles. The number of hydrogen-bond donors (Lipinski definition) is 1. The van der Waals surface area contributed by atoms with Gasteiger partial charge in [-0.2, -0.15) is 0 Å². The van der Waals surface area contributed by atoms with Crippen LogP contribution in [0.1, 0.15) is 5.56 Å². The number of hydrogen-bond acceptors (Lipinski definition) is 3. The fraction of sp³-hybridized carbons (Fsp3) is 0.250. The van der Waals surface area contributed by atoms with Crippen molar-refractivity contribution in [1.82, 2.24) is 14.5 Å². The first kappa shape index (κ1) is 7.24. The second kappa shape index (κ2) is 2.57. The van der Waals surface area contributed by atoms with Gasteiger partial charge >= 0.3 is 0 Å². The van der Waals surface area contributed by atoms with E-state index >= 15 is 0 Å². The van der Waals surface area contributed by atoms with Crippen molar-refractivity contribution in [3.63, 3.8) is 0 Å². The molecule has 4 nitrogen and oxygen atoms in total. The third kappa shape index (κ3) is 0.967. The Balaban J connectivity index is 2.69. The lowest BCUT2D eigenvalue weighted by atomic mass is 10.3. The van der Waals surface area contributed by atoms with Crippen LogP contribution in [0.15, 0.2) is 18.6 Å².